The molecule has 96 valence electrons. The Morgan fingerprint density at radius 1 is 1.17 bits per heavy atom. The first-order valence-electron chi connectivity index (χ1n) is 7.15. The summed E-state index contributed by atoms with van der Waals surface area (Å²) in [5.74, 6) is 0. The lowest BCUT2D eigenvalue weighted by Gasteiger charge is -2.40. The normalized spacial score (nSPS) is 33.4. The van der Waals surface area contributed by atoms with E-state index < -0.39 is 0 Å². The fourth-order valence-electron chi connectivity index (χ4n) is 4.11. The number of rotatable bonds is 1. The average Bonchev–Trinajstić information content (AvgIpc) is 2.92. The van der Waals surface area contributed by atoms with Crippen molar-refractivity contribution < 1.29 is 5.11 Å². The highest BCUT2D eigenvalue weighted by molar-refractivity contribution is 5.70. The third kappa shape index (κ3) is 1.46. The maximum Gasteiger partial charge on any atom is 0.0579 e. The zero-order valence-electron chi connectivity index (χ0n) is 10.6. The predicted molar refractivity (Wildman–Crippen MR) is 73.2 cm³/mol. The van der Waals surface area contributed by atoms with Crippen molar-refractivity contribution in [3.8, 4) is 0 Å². The molecule has 0 aliphatic carbocycles. The van der Waals surface area contributed by atoms with Crippen molar-refractivity contribution in [2.75, 3.05) is 16.8 Å². The Bertz CT molecular complexity index is 460. The highest BCUT2D eigenvalue weighted by atomic mass is 16.3. The largest absolute Gasteiger partial charge is 0.393 e. The monoisotopic (exact) mass is 244 g/mol. The Morgan fingerprint density at radius 2 is 1.94 bits per heavy atom. The third-order valence-corrected chi connectivity index (χ3v) is 4.83. The summed E-state index contributed by atoms with van der Waals surface area (Å²) in [7, 11) is 0. The van der Waals surface area contributed by atoms with Gasteiger partial charge in [0.1, 0.15) is 0 Å². The van der Waals surface area contributed by atoms with Gasteiger partial charge in [-0.2, -0.15) is 0 Å². The summed E-state index contributed by atoms with van der Waals surface area (Å²) < 4.78 is 0. The minimum Gasteiger partial charge on any atom is -0.393 e. The Balaban J connectivity index is 1.74. The van der Waals surface area contributed by atoms with Gasteiger partial charge in [0, 0.05) is 35.6 Å². The number of fused-ring (bicyclic) bond motifs is 3. The summed E-state index contributed by atoms with van der Waals surface area (Å²) in [4.78, 5) is 2.61. The van der Waals surface area contributed by atoms with Crippen LogP contribution in [0.15, 0.2) is 18.2 Å². The maximum absolute atomic E-state index is 9.91. The van der Waals surface area contributed by atoms with Gasteiger partial charge in [-0.3, -0.25) is 0 Å². The van der Waals surface area contributed by atoms with Gasteiger partial charge in [-0.05, 0) is 44.2 Å². The number of nitrogens with one attached hydrogen (secondary N) is 1. The summed E-state index contributed by atoms with van der Waals surface area (Å²) in [5.41, 5.74) is 4.24. The molecule has 0 radical (unpaired) electrons. The highest BCUT2D eigenvalue weighted by Gasteiger charge is 2.41. The van der Waals surface area contributed by atoms with Crippen LogP contribution in [0, 0.1) is 0 Å². The van der Waals surface area contributed by atoms with E-state index in [0.717, 1.165) is 25.8 Å². The van der Waals surface area contributed by atoms with Crippen molar-refractivity contribution in [3.63, 3.8) is 0 Å². The fraction of sp³-hybridized carbons (Fsp3) is 0.600. The number of aliphatic hydroxyl groups is 1. The van der Waals surface area contributed by atoms with Gasteiger partial charge in [0.2, 0.25) is 0 Å². The molecular weight excluding hydrogens is 224 g/mol. The van der Waals surface area contributed by atoms with Crippen LogP contribution in [0.25, 0.3) is 0 Å². The molecule has 4 rings (SSSR count). The number of nitrogens with zero attached hydrogens (tertiary/aromatic N) is 1. The zero-order chi connectivity index (χ0) is 12.1. The van der Waals surface area contributed by atoms with Crippen LogP contribution in [-0.2, 0) is 6.42 Å². The van der Waals surface area contributed by atoms with E-state index >= 15 is 0 Å². The second kappa shape index (κ2) is 3.89. The zero-order valence-corrected chi connectivity index (χ0v) is 10.6. The van der Waals surface area contributed by atoms with Crippen molar-refractivity contribution >= 4 is 11.4 Å². The van der Waals surface area contributed by atoms with E-state index in [9.17, 15) is 5.11 Å². The minimum atomic E-state index is -0.0753. The van der Waals surface area contributed by atoms with Gasteiger partial charge in [0.25, 0.3) is 0 Å². The lowest BCUT2D eigenvalue weighted by atomic mass is 9.97. The van der Waals surface area contributed by atoms with Crippen LogP contribution in [0.3, 0.4) is 0 Å². The lowest BCUT2D eigenvalue weighted by molar-refractivity contribution is 0.126. The number of anilines is 2. The Morgan fingerprint density at radius 3 is 2.72 bits per heavy atom. The van der Waals surface area contributed by atoms with Gasteiger partial charge >= 0.3 is 0 Å². The summed E-state index contributed by atoms with van der Waals surface area (Å²) in [6.45, 7) is 1.07. The van der Waals surface area contributed by atoms with Crippen molar-refractivity contribution in [2.45, 2.75) is 50.3 Å². The van der Waals surface area contributed by atoms with Crippen LogP contribution in [-0.4, -0.2) is 29.8 Å². The Labute approximate surface area is 108 Å². The van der Waals surface area contributed by atoms with Crippen molar-refractivity contribution in [1.29, 1.82) is 0 Å². The van der Waals surface area contributed by atoms with Gasteiger partial charge in [0.05, 0.1) is 6.10 Å². The standard InChI is InChI=1S/C15H20N2O/c18-12-8-10-4-5-11(9-12)17(10)15-3-1-2-14-13(15)6-7-16-14/h1-3,10-12,16,18H,4-9H2. The van der Waals surface area contributed by atoms with Crippen LogP contribution in [0.5, 0.6) is 0 Å². The quantitative estimate of drug-likeness (QED) is 0.794. The second-order valence-electron chi connectivity index (χ2n) is 5.90. The predicted octanol–water partition coefficient (Wildman–Crippen LogP) is 2.15. The van der Waals surface area contributed by atoms with Crippen LogP contribution in [0.4, 0.5) is 11.4 Å². The van der Waals surface area contributed by atoms with E-state index in [1.807, 2.05) is 0 Å². The van der Waals surface area contributed by atoms with Crippen LogP contribution >= 0.6 is 0 Å². The van der Waals surface area contributed by atoms with Crippen LogP contribution in [0.1, 0.15) is 31.2 Å². The summed E-state index contributed by atoms with van der Waals surface area (Å²) >= 11 is 0. The summed E-state index contributed by atoms with van der Waals surface area (Å²) in [5, 5.41) is 13.4. The summed E-state index contributed by atoms with van der Waals surface area (Å²) in [6.07, 6.45) is 5.47. The first-order valence-corrected chi connectivity index (χ1v) is 7.15. The van der Waals surface area contributed by atoms with E-state index in [4.69, 9.17) is 0 Å². The molecule has 0 saturated carbocycles. The van der Waals surface area contributed by atoms with E-state index in [0.29, 0.717) is 12.1 Å². The first kappa shape index (κ1) is 10.7. The molecule has 3 heterocycles. The van der Waals surface area contributed by atoms with Crippen LogP contribution in [0.2, 0.25) is 0 Å². The van der Waals surface area contributed by atoms with Gasteiger partial charge in [-0.1, -0.05) is 6.07 Å². The number of benzene rings is 1. The molecule has 1 aromatic carbocycles. The van der Waals surface area contributed by atoms with E-state index in [2.05, 4.69) is 28.4 Å². The molecule has 3 heteroatoms. The molecule has 2 bridgehead atoms. The number of aliphatic hydroxyl groups excluding tert-OH is 1. The topological polar surface area (TPSA) is 35.5 Å². The Hall–Kier alpha value is -1.22. The molecule has 3 aliphatic rings. The minimum absolute atomic E-state index is 0.0753. The van der Waals surface area contributed by atoms with E-state index in [1.165, 1.54) is 29.8 Å². The SMILES string of the molecule is OC1CC2CCC(C1)N2c1cccc2c1CCN2. The van der Waals surface area contributed by atoms with Gasteiger partial charge in [-0.25, -0.2) is 0 Å². The van der Waals surface area contributed by atoms with Gasteiger partial charge < -0.3 is 15.3 Å². The van der Waals surface area contributed by atoms with Crippen molar-refractivity contribution in [1.82, 2.24) is 0 Å². The first-order chi connectivity index (χ1) is 8.83. The molecule has 0 aromatic heterocycles. The Kier molecular flexibility index (Phi) is 2.31. The van der Waals surface area contributed by atoms with Gasteiger partial charge in [-0.15, -0.1) is 0 Å². The average molecular weight is 244 g/mol. The van der Waals surface area contributed by atoms with E-state index in [1.54, 1.807) is 0 Å². The van der Waals surface area contributed by atoms with Gasteiger partial charge in [0.15, 0.2) is 0 Å². The maximum atomic E-state index is 9.91. The molecule has 2 N–H and O–H groups in total. The number of piperidine rings is 1. The smallest absolute Gasteiger partial charge is 0.0579 e. The van der Waals surface area contributed by atoms with E-state index in [-0.39, 0.29) is 6.10 Å². The third-order valence-electron chi connectivity index (χ3n) is 4.83. The molecular formula is C15H20N2O. The molecule has 18 heavy (non-hydrogen) atoms. The number of hydrogen-bond acceptors (Lipinski definition) is 3. The molecule has 1 aromatic rings. The molecule has 2 saturated heterocycles. The molecule has 3 aliphatic heterocycles. The highest BCUT2D eigenvalue weighted by Crippen LogP contribution is 2.43. The number of hydrogen-bond donors (Lipinski definition) is 2. The van der Waals surface area contributed by atoms with Crippen LogP contribution < -0.4 is 10.2 Å². The molecule has 2 atom stereocenters. The molecule has 0 amide bonds. The molecule has 3 nitrogen and oxygen atoms in total. The molecule has 2 fully saturated rings. The molecule has 0 spiro atoms. The molecule has 2 unspecified atom stereocenters. The van der Waals surface area contributed by atoms with Crippen molar-refractivity contribution in [2.24, 2.45) is 0 Å². The second-order valence-corrected chi connectivity index (χ2v) is 5.90. The lowest BCUT2D eigenvalue weighted by Crippen LogP contribution is -2.45. The fourth-order valence-corrected chi connectivity index (χ4v) is 4.11. The summed E-state index contributed by atoms with van der Waals surface area (Å²) in [6, 6.07) is 7.75. The van der Waals surface area contributed by atoms with Crippen molar-refractivity contribution in [3.05, 3.63) is 23.8 Å².